The zero-order valence-electron chi connectivity index (χ0n) is 17.6. The van der Waals surface area contributed by atoms with Gasteiger partial charge in [-0.1, -0.05) is 63.1 Å². The minimum Gasteiger partial charge on any atom is -0.434 e. The molecule has 0 radical (unpaired) electrons. The van der Waals surface area contributed by atoms with Crippen LogP contribution in [0.3, 0.4) is 0 Å². The molecule has 0 saturated heterocycles. The van der Waals surface area contributed by atoms with Crippen molar-refractivity contribution in [1.82, 2.24) is 0 Å². The largest absolute Gasteiger partial charge is 0.513 e. The minimum atomic E-state index is -0.758. The molecule has 31 heavy (non-hydrogen) atoms. The Bertz CT molecular complexity index is 1080. The molecule has 0 atom stereocenters. The normalized spacial score (nSPS) is 10.8. The summed E-state index contributed by atoms with van der Waals surface area (Å²) in [7, 11) is 0. The second-order valence-corrected chi connectivity index (χ2v) is 8.14. The van der Waals surface area contributed by atoms with E-state index < -0.39 is 12.3 Å². The Kier molecular flexibility index (Phi) is 8.34. The molecule has 0 aliphatic heterocycles. The zero-order valence-corrected chi connectivity index (χ0v) is 19.8. The number of hydrogen-bond donors (Lipinski definition) is 0. The first-order valence-electron chi connectivity index (χ1n) is 10.4. The Morgan fingerprint density at radius 3 is 1.84 bits per heavy atom. The third-order valence-electron chi connectivity index (χ3n) is 4.71. The molecule has 7 heteroatoms. The van der Waals surface area contributed by atoms with Crippen LogP contribution >= 0.6 is 22.6 Å². The van der Waals surface area contributed by atoms with Crippen LogP contribution in [0, 0.1) is 3.57 Å². The van der Waals surface area contributed by atoms with Crippen molar-refractivity contribution < 1.29 is 28.5 Å². The smallest absolute Gasteiger partial charge is 0.434 e. The van der Waals surface area contributed by atoms with Crippen molar-refractivity contribution in [2.45, 2.75) is 39.5 Å². The van der Waals surface area contributed by atoms with E-state index in [1.54, 1.807) is 0 Å². The summed E-state index contributed by atoms with van der Waals surface area (Å²) in [6, 6.07) is 12.9. The molecule has 0 fully saturated rings. The van der Waals surface area contributed by atoms with Crippen LogP contribution in [-0.4, -0.2) is 25.5 Å². The predicted molar refractivity (Wildman–Crippen MR) is 128 cm³/mol. The molecule has 0 saturated carbocycles. The van der Waals surface area contributed by atoms with E-state index in [-0.39, 0.29) is 0 Å². The monoisotopic (exact) mass is 536 g/mol. The first kappa shape index (κ1) is 23.1. The first-order valence-corrected chi connectivity index (χ1v) is 11.5. The van der Waals surface area contributed by atoms with Gasteiger partial charge in [0, 0.05) is 25.1 Å². The Morgan fingerprint density at radius 1 is 0.742 bits per heavy atom. The number of carbonyl (C=O) groups is 2. The molecule has 164 valence electrons. The molecular weight excluding hydrogens is 511 g/mol. The van der Waals surface area contributed by atoms with Crippen LogP contribution in [-0.2, 0) is 9.47 Å². The van der Waals surface area contributed by atoms with Crippen LogP contribution in [0.5, 0.6) is 11.5 Å². The molecular formula is C24H25IO6. The van der Waals surface area contributed by atoms with Crippen molar-refractivity contribution in [3.05, 3.63) is 46.0 Å². The molecule has 3 aromatic rings. The summed E-state index contributed by atoms with van der Waals surface area (Å²) in [4.78, 5) is 24.7. The van der Waals surface area contributed by atoms with Gasteiger partial charge in [0.25, 0.3) is 0 Å². The van der Waals surface area contributed by atoms with E-state index >= 15 is 0 Å². The Hall–Kier alpha value is -2.55. The molecule has 0 aromatic heterocycles. The molecule has 3 aromatic carbocycles. The summed E-state index contributed by atoms with van der Waals surface area (Å²) >= 11 is 2.17. The van der Waals surface area contributed by atoms with E-state index in [0.29, 0.717) is 46.3 Å². The summed E-state index contributed by atoms with van der Waals surface area (Å²) in [5.74, 6) is 0.751. The molecule has 0 aliphatic rings. The van der Waals surface area contributed by atoms with E-state index in [0.717, 1.165) is 29.3 Å². The maximum absolute atomic E-state index is 12.3. The molecule has 0 bridgehead atoms. The average Bonchev–Trinajstić information content (AvgIpc) is 2.76. The number of hydrogen-bond acceptors (Lipinski definition) is 6. The van der Waals surface area contributed by atoms with E-state index in [9.17, 15) is 9.59 Å². The molecule has 0 amide bonds. The predicted octanol–water partition coefficient (Wildman–Crippen LogP) is 7.23. The summed E-state index contributed by atoms with van der Waals surface area (Å²) < 4.78 is 22.6. The van der Waals surface area contributed by atoms with Gasteiger partial charge < -0.3 is 18.9 Å². The Balaban J connectivity index is 2.08. The third-order valence-corrected chi connectivity index (χ3v) is 5.61. The molecule has 0 unspecified atom stereocenters. The number of unbranched alkanes of at least 4 members (excludes halogenated alkanes) is 2. The van der Waals surface area contributed by atoms with Crippen molar-refractivity contribution in [1.29, 1.82) is 0 Å². The van der Waals surface area contributed by atoms with Gasteiger partial charge in [-0.15, -0.1) is 0 Å². The highest BCUT2D eigenvalue weighted by Gasteiger charge is 2.22. The number of benzene rings is 3. The van der Waals surface area contributed by atoms with E-state index in [4.69, 9.17) is 18.9 Å². The molecule has 0 spiro atoms. The second-order valence-electron chi connectivity index (χ2n) is 6.97. The fraction of sp³-hybridized carbons (Fsp3) is 0.333. The van der Waals surface area contributed by atoms with Crippen molar-refractivity contribution >= 4 is 56.4 Å². The fourth-order valence-electron chi connectivity index (χ4n) is 3.14. The van der Waals surface area contributed by atoms with Crippen molar-refractivity contribution in [2.24, 2.45) is 0 Å². The molecule has 0 heterocycles. The average molecular weight is 536 g/mol. The number of fused-ring (bicyclic) bond motifs is 2. The van der Waals surface area contributed by atoms with Gasteiger partial charge in [-0.3, -0.25) is 0 Å². The maximum Gasteiger partial charge on any atom is 0.513 e. The molecule has 3 rings (SSSR count). The highest BCUT2D eigenvalue weighted by Crippen LogP contribution is 2.44. The van der Waals surface area contributed by atoms with Gasteiger partial charge in [0.15, 0.2) is 11.5 Å². The van der Waals surface area contributed by atoms with Crippen LogP contribution < -0.4 is 9.47 Å². The topological polar surface area (TPSA) is 71.1 Å². The van der Waals surface area contributed by atoms with E-state index in [2.05, 4.69) is 22.6 Å². The van der Waals surface area contributed by atoms with Crippen LogP contribution in [0.2, 0.25) is 0 Å². The standard InChI is InChI=1S/C24H25IO6/c1-3-5-14-28-23(26)30-21-16-10-7-8-11-17(16)22(31-24(27)29-15-6-4-2)20-18(21)12-9-13-19(20)25/h7-13H,3-6,14-15H2,1-2H3. The second kappa shape index (κ2) is 11.2. The van der Waals surface area contributed by atoms with Crippen LogP contribution in [0.15, 0.2) is 42.5 Å². The van der Waals surface area contributed by atoms with Gasteiger partial charge >= 0.3 is 12.3 Å². The lowest BCUT2D eigenvalue weighted by Gasteiger charge is -2.17. The zero-order chi connectivity index (χ0) is 22.2. The quantitative estimate of drug-likeness (QED) is 0.0995. The number of ether oxygens (including phenoxy) is 4. The highest BCUT2D eigenvalue weighted by molar-refractivity contribution is 14.1. The van der Waals surface area contributed by atoms with Crippen LogP contribution in [0.4, 0.5) is 9.59 Å². The van der Waals surface area contributed by atoms with Crippen LogP contribution in [0.25, 0.3) is 21.5 Å². The van der Waals surface area contributed by atoms with E-state index in [1.165, 1.54) is 0 Å². The van der Waals surface area contributed by atoms with Crippen molar-refractivity contribution in [3.8, 4) is 11.5 Å². The number of halogens is 1. The summed E-state index contributed by atoms with van der Waals surface area (Å²) in [5, 5.41) is 2.60. The molecule has 6 nitrogen and oxygen atoms in total. The lowest BCUT2D eigenvalue weighted by atomic mass is 10.0. The lowest BCUT2D eigenvalue weighted by Crippen LogP contribution is -2.14. The van der Waals surface area contributed by atoms with Gasteiger partial charge in [0.05, 0.1) is 13.2 Å². The maximum atomic E-state index is 12.3. The third kappa shape index (κ3) is 5.58. The number of rotatable bonds is 8. The highest BCUT2D eigenvalue weighted by atomic mass is 127. The first-order chi connectivity index (χ1) is 15.1. The van der Waals surface area contributed by atoms with Gasteiger partial charge in [-0.25, -0.2) is 9.59 Å². The lowest BCUT2D eigenvalue weighted by molar-refractivity contribution is 0.0970. The Labute approximate surface area is 194 Å². The minimum absolute atomic E-state index is 0.299. The van der Waals surface area contributed by atoms with E-state index in [1.807, 2.05) is 56.3 Å². The van der Waals surface area contributed by atoms with Gasteiger partial charge in [0.2, 0.25) is 0 Å². The van der Waals surface area contributed by atoms with Gasteiger partial charge in [-0.2, -0.15) is 0 Å². The van der Waals surface area contributed by atoms with Crippen molar-refractivity contribution in [3.63, 3.8) is 0 Å². The van der Waals surface area contributed by atoms with Gasteiger partial charge in [0.1, 0.15) is 0 Å². The Morgan fingerprint density at radius 2 is 1.26 bits per heavy atom. The van der Waals surface area contributed by atoms with Gasteiger partial charge in [-0.05, 0) is 41.5 Å². The van der Waals surface area contributed by atoms with Crippen molar-refractivity contribution in [2.75, 3.05) is 13.2 Å². The molecule has 0 aliphatic carbocycles. The summed E-state index contributed by atoms with van der Waals surface area (Å²) in [6.45, 7) is 4.63. The van der Waals surface area contributed by atoms with Crippen LogP contribution in [0.1, 0.15) is 39.5 Å². The summed E-state index contributed by atoms with van der Waals surface area (Å²) in [5.41, 5.74) is 0. The summed E-state index contributed by atoms with van der Waals surface area (Å²) in [6.07, 6.45) is 1.84. The SMILES string of the molecule is CCCCOC(=O)Oc1c2ccccc2c(OC(=O)OCCCC)c2c(I)cccc12. The fourth-order valence-corrected chi connectivity index (χ4v) is 3.89. The number of carbonyl (C=O) groups excluding carboxylic acids is 2. The molecule has 0 N–H and O–H groups in total.